The third-order valence-electron chi connectivity index (χ3n) is 3.53. The van der Waals surface area contributed by atoms with Crippen molar-refractivity contribution >= 4 is 15.9 Å². The van der Waals surface area contributed by atoms with Crippen molar-refractivity contribution in [1.82, 2.24) is 10.3 Å². The summed E-state index contributed by atoms with van der Waals surface area (Å²) in [7, 11) is 0. The molecule has 0 aliphatic rings. The molecule has 0 unspecified atom stereocenters. The topological polar surface area (TPSA) is 65.4 Å². The van der Waals surface area contributed by atoms with Crippen LogP contribution in [0.3, 0.4) is 0 Å². The van der Waals surface area contributed by atoms with Gasteiger partial charge in [0.1, 0.15) is 5.75 Å². The Morgan fingerprint density at radius 3 is 2.81 bits per heavy atom. The number of nitrogens with zero attached hydrogens (tertiary/aromatic N) is 1. The zero-order chi connectivity index (χ0) is 15.4. The molecule has 4 nitrogen and oxygen atoms in total. The zero-order valence-corrected chi connectivity index (χ0v) is 13.7. The molecule has 0 fully saturated rings. The number of nitrogens with one attached hydrogen (secondary N) is 1. The largest absolute Gasteiger partial charge is 0.506 e. The third-order valence-corrected chi connectivity index (χ3v) is 4.03. The first-order chi connectivity index (χ1) is 10.0. The fourth-order valence-electron chi connectivity index (χ4n) is 2.17. The maximum absolute atomic E-state index is 10.1. The Hall–Kier alpha value is -1.43. The summed E-state index contributed by atoms with van der Waals surface area (Å²) in [5, 5.41) is 22.8. The second-order valence-corrected chi connectivity index (χ2v) is 5.93. The van der Waals surface area contributed by atoms with Crippen molar-refractivity contribution in [3.63, 3.8) is 0 Å². The molecule has 3 N–H and O–H groups in total. The van der Waals surface area contributed by atoms with E-state index in [1.807, 2.05) is 18.2 Å². The second-order valence-electron chi connectivity index (χ2n) is 5.01. The van der Waals surface area contributed by atoms with Gasteiger partial charge in [0.25, 0.3) is 0 Å². The molecule has 21 heavy (non-hydrogen) atoms. The molecule has 1 aromatic carbocycles. The molecule has 0 spiro atoms. The highest BCUT2D eigenvalue weighted by Crippen LogP contribution is 2.25. The van der Waals surface area contributed by atoms with Crippen LogP contribution in [0, 0.1) is 6.92 Å². The Morgan fingerprint density at radius 2 is 2.14 bits per heavy atom. The van der Waals surface area contributed by atoms with Crippen LogP contribution in [0.15, 0.2) is 34.9 Å². The zero-order valence-electron chi connectivity index (χ0n) is 12.1. The number of benzene rings is 1. The Morgan fingerprint density at radius 1 is 1.38 bits per heavy atom. The standard InChI is InChI=1S/C16H19BrN2O2/c1-10(12-4-3-5-14(17)6-12)19-8-15-13(9-20)7-18-11(2)16(15)21/h3-7,10,19-21H,8-9H2,1-2H3/t10-/m1/s1. The summed E-state index contributed by atoms with van der Waals surface area (Å²) >= 11 is 3.46. The molecule has 0 amide bonds. The number of aryl methyl sites for hydroxylation is 1. The SMILES string of the molecule is Cc1ncc(CO)c(CN[C@H](C)c2cccc(Br)c2)c1O. The van der Waals surface area contributed by atoms with Gasteiger partial charge in [-0.3, -0.25) is 4.98 Å². The van der Waals surface area contributed by atoms with Gasteiger partial charge in [-0.15, -0.1) is 0 Å². The fraction of sp³-hybridized carbons (Fsp3) is 0.312. The van der Waals surface area contributed by atoms with Gasteiger partial charge in [-0.1, -0.05) is 28.1 Å². The maximum atomic E-state index is 10.1. The second kappa shape index (κ2) is 7.02. The summed E-state index contributed by atoms with van der Waals surface area (Å²) in [5.41, 5.74) is 3.07. The van der Waals surface area contributed by atoms with E-state index in [9.17, 15) is 10.2 Å². The van der Waals surface area contributed by atoms with Crippen LogP contribution < -0.4 is 5.32 Å². The van der Waals surface area contributed by atoms with Gasteiger partial charge in [-0.25, -0.2) is 0 Å². The monoisotopic (exact) mass is 350 g/mol. The van der Waals surface area contributed by atoms with Crippen LogP contribution in [0.2, 0.25) is 0 Å². The first-order valence-electron chi connectivity index (χ1n) is 6.79. The van der Waals surface area contributed by atoms with Crippen molar-refractivity contribution in [2.24, 2.45) is 0 Å². The lowest BCUT2D eigenvalue weighted by Crippen LogP contribution is -2.19. The summed E-state index contributed by atoms with van der Waals surface area (Å²) in [4.78, 5) is 4.06. The molecule has 0 saturated carbocycles. The predicted molar refractivity (Wildman–Crippen MR) is 86.0 cm³/mol. The third kappa shape index (κ3) is 3.81. The average Bonchev–Trinajstić information content (AvgIpc) is 2.48. The summed E-state index contributed by atoms with van der Waals surface area (Å²) < 4.78 is 1.03. The molecule has 5 heteroatoms. The Labute approximate surface area is 133 Å². The summed E-state index contributed by atoms with van der Waals surface area (Å²) in [6, 6.07) is 8.21. The molecule has 1 atom stereocenters. The molecular formula is C16H19BrN2O2. The van der Waals surface area contributed by atoms with Crippen LogP contribution in [-0.2, 0) is 13.2 Å². The van der Waals surface area contributed by atoms with Gasteiger partial charge in [0.15, 0.2) is 0 Å². The molecule has 1 heterocycles. The van der Waals surface area contributed by atoms with Crippen molar-refractivity contribution in [1.29, 1.82) is 0 Å². The van der Waals surface area contributed by atoms with Gasteiger partial charge in [-0.2, -0.15) is 0 Å². The van der Waals surface area contributed by atoms with E-state index in [0.29, 0.717) is 23.4 Å². The fourth-order valence-corrected chi connectivity index (χ4v) is 2.58. The minimum Gasteiger partial charge on any atom is -0.506 e. The lowest BCUT2D eigenvalue weighted by atomic mass is 10.1. The molecule has 0 radical (unpaired) electrons. The normalized spacial score (nSPS) is 12.4. The minimum absolute atomic E-state index is 0.127. The lowest BCUT2D eigenvalue weighted by Gasteiger charge is -2.17. The van der Waals surface area contributed by atoms with E-state index in [1.54, 1.807) is 13.1 Å². The van der Waals surface area contributed by atoms with Crippen molar-refractivity contribution in [2.75, 3.05) is 0 Å². The van der Waals surface area contributed by atoms with Crippen LogP contribution in [0.25, 0.3) is 0 Å². The molecule has 0 aliphatic heterocycles. The molecular weight excluding hydrogens is 332 g/mol. The van der Waals surface area contributed by atoms with Crippen molar-refractivity contribution in [3.8, 4) is 5.75 Å². The highest BCUT2D eigenvalue weighted by molar-refractivity contribution is 9.10. The number of aliphatic hydroxyl groups excluding tert-OH is 1. The number of aliphatic hydroxyl groups is 1. The van der Waals surface area contributed by atoms with E-state index in [4.69, 9.17) is 0 Å². The maximum Gasteiger partial charge on any atom is 0.141 e. The predicted octanol–water partition coefficient (Wildman–Crippen LogP) is 3.20. The number of rotatable bonds is 5. The summed E-state index contributed by atoms with van der Waals surface area (Å²) in [5.74, 6) is 0.149. The highest BCUT2D eigenvalue weighted by Gasteiger charge is 2.13. The highest BCUT2D eigenvalue weighted by atomic mass is 79.9. The first-order valence-corrected chi connectivity index (χ1v) is 7.58. The van der Waals surface area contributed by atoms with Gasteiger partial charge in [0, 0.05) is 34.4 Å². The summed E-state index contributed by atoms with van der Waals surface area (Å²) in [6.45, 7) is 4.14. The Bertz CT molecular complexity index is 632. The van der Waals surface area contributed by atoms with E-state index >= 15 is 0 Å². The lowest BCUT2D eigenvalue weighted by molar-refractivity contribution is 0.278. The van der Waals surface area contributed by atoms with Gasteiger partial charge in [-0.05, 0) is 31.5 Å². The molecule has 0 bridgehead atoms. The molecule has 112 valence electrons. The molecule has 1 aromatic heterocycles. The number of hydrogen-bond donors (Lipinski definition) is 3. The summed E-state index contributed by atoms with van der Waals surface area (Å²) in [6.07, 6.45) is 1.61. The quantitative estimate of drug-likeness (QED) is 0.774. The van der Waals surface area contributed by atoms with Crippen molar-refractivity contribution in [3.05, 3.63) is 57.3 Å². The van der Waals surface area contributed by atoms with Crippen molar-refractivity contribution in [2.45, 2.75) is 33.0 Å². The molecule has 2 aromatic rings. The number of aromatic hydroxyl groups is 1. The van der Waals surface area contributed by atoms with E-state index in [2.05, 4.69) is 39.2 Å². The number of halogens is 1. The van der Waals surface area contributed by atoms with E-state index in [1.165, 1.54) is 0 Å². The van der Waals surface area contributed by atoms with Gasteiger partial charge >= 0.3 is 0 Å². The number of hydrogen-bond acceptors (Lipinski definition) is 4. The Kier molecular flexibility index (Phi) is 5.33. The van der Waals surface area contributed by atoms with Crippen molar-refractivity contribution < 1.29 is 10.2 Å². The van der Waals surface area contributed by atoms with Crippen LogP contribution in [0.4, 0.5) is 0 Å². The average molecular weight is 351 g/mol. The van der Waals surface area contributed by atoms with E-state index in [0.717, 1.165) is 10.0 Å². The van der Waals surface area contributed by atoms with Gasteiger partial charge in [0.2, 0.25) is 0 Å². The number of pyridine rings is 1. The minimum atomic E-state index is -0.136. The van der Waals surface area contributed by atoms with Crippen LogP contribution in [0.5, 0.6) is 5.75 Å². The van der Waals surface area contributed by atoms with E-state index in [-0.39, 0.29) is 18.4 Å². The van der Waals surface area contributed by atoms with Gasteiger partial charge in [0.05, 0.1) is 12.3 Å². The Balaban J connectivity index is 2.14. The van der Waals surface area contributed by atoms with Crippen LogP contribution >= 0.6 is 15.9 Å². The van der Waals surface area contributed by atoms with E-state index < -0.39 is 0 Å². The van der Waals surface area contributed by atoms with Gasteiger partial charge < -0.3 is 15.5 Å². The first kappa shape index (κ1) is 15.9. The molecule has 0 saturated heterocycles. The smallest absolute Gasteiger partial charge is 0.141 e. The molecule has 2 rings (SSSR count). The number of aromatic nitrogens is 1. The van der Waals surface area contributed by atoms with Crippen LogP contribution in [-0.4, -0.2) is 15.2 Å². The molecule has 0 aliphatic carbocycles. The van der Waals surface area contributed by atoms with Crippen LogP contribution in [0.1, 0.15) is 35.3 Å².